The van der Waals surface area contributed by atoms with E-state index in [0.29, 0.717) is 48.1 Å². The van der Waals surface area contributed by atoms with Gasteiger partial charge in [0.15, 0.2) is 5.82 Å². The predicted octanol–water partition coefficient (Wildman–Crippen LogP) is 2.78. The Kier molecular flexibility index (Phi) is 5.93. The number of aliphatic hydroxyl groups excluding tert-OH is 1. The minimum atomic E-state index is -0.625. The second-order valence-electron chi connectivity index (χ2n) is 8.74. The summed E-state index contributed by atoms with van der Waals surface area (Å²) in [4.78, 5) is 20.8. The molecule has 0 spiro atoms. The number of carbonyl (C=O) groups is 1. The third-order valence-corrected chi connectivity index (χ3v) is 6.44. The van der Waals surface area contributed by atoms with Crippen molar-refractivity contribution in [3.63, 3.8) is 0 Å². The summed E-state index contributed by atoms with van der Waals surface area (Å²) in [5.74, 6) is -0.378. The quantitative estimate of drug-likeness (QED) is 0.431. The number of ether oxygens (including phenoxy) is 2. The van der Waals surface area contributed by atoms with Crippen LogP contribution in [0.3, 0.4) is 0 Å². The molecule has 4 heterocycles. The highest BCUT2D eigenvalue weighted by molar-refractivity contribution is 5.98. The summed E-state index contributed by atoms with van der Waals surface area (Å²) in [6, 6.07) is 3.13. The van der Waals surface area contributed by atoms with Crippen molar-refractivity contribution < 1.29 is 23.8 Å². The lowest BCUT2D eigenvalue weighted by molar-refractivity contribution is 0.177. The Balaban J connectivity index is 1.48. The Labute approximate surface area is 195 Å². The van der Waals surface area contributed by atoms with E-state index < -0.39 is 11.9 Å². The summed E-state index contributed by atoms with van der Waals surface area (Å²) in [6.45, 7) is 3.65. The van der Waals surface area contributed by atoms with Gasteiger partial charge in [-0.3, -0.25) is 4.98 Å². The Hall–Kier alpha value is -3.50. The largest absolute Gasteiger partial charge is 0.414 e. The first kappa shape index (κ1) is 22.3. The topological polar surface area (TPSA) is 132 Å². The van der Waals surface area contributed by atoms with Crippen LogP contribution in [0.2, 0.25) is 0 Å². The first-order valence-corrected chi connectivity index (χ1v) is 11.2. The SMILES string of the molecule is Cc1c(-c2cc3cc(OC(=O)N[C@@H]4CCOC4)ncc3c(N)c2F)cnc2c1NC[C@H](CO)C2. The molecule has 0 saturated carbocycles. The molecule has 0 aliphatic carbocycles. The van der Waals surface area contributed by atoms with Crippen molar-refractivity contribution in [1.82, 2.24) is 15.3 Å². The van der Waals surface area contributed by atoms with E-state index in [2.05, 4.69) is 20.6 Å². The summed E-state index contributed by atoms with van der Waals surface area (Å²) in [5.41, 5.74) is 9.55. The van der Waals surface area contributed by atoms with Crippen molar-refractivity contribution in [3.8, 4) is 17.0 Å². The molecule has 9 nitrogen and oxygen atoms in total. The molecule has 2 atom stereocenters. The average Bonchev–Trinajstić information content (AvgIpc) is 3.34. The number of benzene rings is 1. The van der Waals surface area contributed by atoms with Gasteiger partial charge in [-0.1, -0.05) is 0 Å². The standard InChI is InChI=1S/C24H26FN5O4/c1-12-17(8-27-19-4-13(10-31)7-29-23(12)19)16-5-14-6-20(28-9-18(14)22(26)21(16)25)34-24(32)30-15-2-3-33-11-15/h5-6,8-9,13,15,29,31H,2-4,7,10-11,26H2,1H3,(H,30,32)/t13-,15-/m1/s1. The Morgan fingerprint density at radius 1 is 1.35 bits per heavy atom. The number of halogens is 1. The molecule has 1 fully saturated rings. The number of aliphatic hydroxyl groups is 1. The molecule has 178 valence electrons. The van der Waals surface area contributed by atoms with Crippen LogP contribution in [0, 0.1) is 18.7 Å². The number of pyridine rings is 2. The van der Waals surface area contributed by atoms with Gasteiger partial charge in [-0.2, -0.15) is 0 Å². The van der Waals surface area contributed by atoms with Crippen molar-refractivity contribution >= 4 is 28.2 Å². The number of carbonyl (C=O) groups excluding carboxylic acids is 1. The molecular formula is C24H26FN5O4. The van der Waals surface area contributed by atoms with Gasteiger partial charge in [0, 0.05) is 60.6 Å². The van der Waals surface area contributed by atoms with Gasteiger partial charge in [0.05, 0.1) is 29.7 Å². The number of hydrogen-bond donors (Lipinski definition) is 4. The third kappa shape index (κ3) is 4.10. The Bertz CT molecular complexity index is 1260. The molecule has 1 saturated heterocycles. The number of hydrogen-bond acceptors (Lipinski definition) is 8. The third-order valence-electron chi connectivity index (χ3n) is 6.44. The monoisotopic (exact) mass is 467 g/mol. The first-order valence-electron chi connectivity index (χ1n) is 11.2. The number of anilines is 2. The number of nitrogen functional groups attached to an aromatic ring is 1. The Morgan fingerprint density at radius 3 is 2.97 bits per heavy atom. The fourth-order valence-electron chi connectivity index (χ4n) is 4.51. The number of amides is 1. The molecule has 5 N–H and O–H groups in total. The molecule has 0 radical (unpaired) electrons. The maximum Gasteiger partial charge on any atom is 0.414 e. The second-order valence-corrected chi connectivity index (χ2v) is 8.74. The summed E-state index contributed by atoms with van der Waals surface area (Å²) in [5, 5.41) is 16.5. The van der Waals surface area contributed by atoms with E-state index in [1.165, 1.54) is 6.20 Å². The van der Waals surface area contributed by atoms with Crippen LogP contribution in [-0.2, 0) is 11.2 Å². The molecular weight excluding hydrogens is 441 g/mol. The number of rotatable bonds is 4. The van der Waals surface area contributed by atoms with Gasteiger partial charge in [0.1, 0.15) is 0 Å². The fraction of sp³-hybridized carbons (Fsp3) is 0.375. The Morgan fingerprint density at radius 2 is 2.21 bits per heavy atom. The highest BCUT2D eigenvalue weighted by Crippen LogP contribution is 2.38. The second kappa shape index (κ2) is 9.03. The van der Waals surface area contributed by atoms with Crippen LogP contribution in [-0.4, -0.2) is 53.6 Å². The van der Waals surface area contributed by atoms with E-state index in [1.54, 1.807) is 18.3 Å². The zero-order chi connectivity index (χ0) is 23.8. The highest BCUT2D eigenvalue weighted by Gasteiger charge is 2.24. The van der Waals surface area contributed by atoms with Crippen molar-refractivity contribution in [2.75, 3.05) is 37.4 Å². The van der Waals surface area contributed by atoms with Crippen LogP contribution in [0.4, 0.5) is 20.6 Å². The van der Waals surface area contributed by atoms with E-state index in [-0.39, 0.29) is 30.1 Å². The van der Waals surface area contributed by atoms with Gasteiger partial charge in [0.25, 0.3) is 0 Å². The van der Waals surface area contributed by atoms with Crippen LogP contribution >= 0.6 is 0 Å². The number of nitrogens with zero attached hydrogens (tertiary/aromatic N) is 2. The van der Waals surface area contributed by atoms with Crippen molar-refractivity contribution in [1.29, 1.82) is 0 Å². The minimum Gasteiger partial charge on any atom is -0.396 e. The molecule has 1 aromatic carbocycles. The molecule has 2 aliphatic rings. The molecule has 1 amide bonds. The van der Waals surface area contributed by atoms with Crippen LogP contribution in [0.1, 0.15) is 17.7 Å². The number of nitrogens with two attached hydrogens (primary N) is 1. The van der Waals surface area contributed by atoms with Crippen LogP contribution in [0.15, 0.2) is 24.5 Å². The maximum absolute atomic E-state index is 15.3. The molecule has 5 rings (SSSR count). The number of nitrogens with one attached hydrogen (secondary N) is 2. The van der Waals surface area contributed by atoms with E-state index in [9.17, 15) is 9.90 Å². The van der Waals surface area contributed by atoms with Crippen molar-refractivity contribution in [3.05, 3.63) is 41.6 Å². The summed E-state index contributed by atoms with van der Waals surface area (Å²) < 4.78 is 25.9. The van der Waals surface area contributed by atoms with Crippen LogP contribution in [0.25, 0.3) is 21.9 Å². The van der Waals surface area contributed by atoms with Crippen molar-refractivity contribution in [2.24, 2.45) is 5.92 Å². The van der Waals surface area contributed by atoms with Gasteiger partial charge in [-0.05, 0) is 36.8 Å². The highest BCUT2D eigenvalue weighted by atomic mass is 19.1. The smallest absolute Gasteiger partial charge is 0.396 e. The summed E-state index contributed by atoms with van der Waals surface area (Å²) in [6.07, 6.45) is 3.79. The first-order chi connectivity index (χ1) is 16.4. The van der Waals surface area contributed by atoms with Crippen molar-refractivity contribution in [2.45, 2.75) is 25.8 Å². The molecule has 0 unspecified atom stereocenters. The van der Waals surface area contributed by atoms with Crippen LogP contribution in [0.5, 0.6) is 5.88 Å². The minimum absolute atomic E-state index is 0.0375. The summed E-state index contributed by atoms with van der Waals surface area (Å²) in [7, 11) is 0. The summed E-state index contributed by atoms with van der Waals surface area (Å²) >= 11 is 0. The molecule has 2 aliphatic heterocycles. The van der Waals surface area contributed by atoms with Gasteiger partial charge in [-0.15, -0.1) is 0 Å². The van der Waals surface area contributed by atoms with E-state index in [0.717, 1.165) is 23.4 Å². The zero-order valence-corrected chi connectivity index (χ0v) is 18.7. The van der Waals surface area contributed by atoms with Gasteiger partial charge >= 0.3 is 6.09 Å². The van der Waals surface area contributed by atoms with Gasteiger partial charge < -0.3 is 30.9 Å². The van der Waals surface area contributed by atoms with E-state index >= 15 is 4.39 Å². The lowest BCUT2D eigenvalue weighted by atomic mass is 9.92. The van der Waals surface area contributed by atoms with E-state index in [4.69, 9.17) is 15.2 Å². The molecule has 0 bridgehead atoms. The number of fused-ring (bicyclic) bond motifs is 2. The van der Waals surface area contributed by atoms with Gasteiger partial charge in [-0.25, -0.2) is 14.2 Å². The lowest BCUT2D eigenvalue weighted by Gasteiger charge is -2.26. The molecule has 10 heteroatoms. The number of aromatic nitrogens is 2. The zero-order valence-electron chi connectivity index (χ0n) is 18.7. The lowest BCUT2D eigenvalue weighted by Crippen LogP contribution is -2.37. The van der Waals surface area contributed by atoms with Gasteiger partial charge in [0.2, 0.25) is 5.88 Å². The fourth-order valence-corrected chi connectivity index (χ4v) is 4.51. The molecule has 2 aromatic heterocycles. The average molecular weight is 468 g/mol. The predicted molar refractivity (Wildman–Crippen MR) is 125 cm³/mol. The molecule has 34 heavy (non-hydrogen) atoms. The molecule has 3 aromatic rings. The maximum atomic E-state index is 15.3. The normalized spacial score (nSPS) is 19.5. The van der Waals surface area contributed by atoms with E-state index in [1.807, 2.05) is 6.92 Å². The van der Waals surface area contributed by atoms with Crippen LogP contribution < -0.4 is 21.1 Å².